The van der Waals surface area contributed by atoms with Crippen LogP contribution >= 0.6 is 0 Å². The smallest absolute Gasteiger partial charge is 0.180 e. The standard InChI is InChI=1S/C7H8N4.C3H8.C2H6/c1-5-3-9-11-6(2)4-8-10-7(5)11;1-3-2;1-2/h3-4H,1-2H3;3H2,1-2H3;1-2H3. The summed E-state index contributed by atoms with van der Waals surface area (Å²) in [6.45, 7) is 12.2. The van der Waals surface area contributed by atoms with Gasteiger partial charge in [0.05, 0.1) is 18.1 Å². The predicted octanol–water partition coefficient (Wildman–Crippen LogP) is 3.18. The molecule has 0 fully saturated rings. The minimum atomic E-state index is 0.838. The van der Waals surface area contributed by atoms with Gasteiger partial charge in [-0.1, -0.05) is 34.1 Å². The topological polar surface area (TPSA) is 43.1 Å². The Hall–Kier alpha value is -1.45. The Kier molecular flexibility index (Phi) is 7.09. The number of hydrogen-bond acceptors (Lipinski definition) is 3. The molecule has 0 aliphatic heterocycles. The summed E-state index contributed by atoms with van der Waals surface area (Å²) in [5, 5.41) is 11.9. The molecule has 2 aromatic heterocycles. The van der Waals surface area contributed by atoms with Gasteiger partial charge in [-0.25, -0.2) is 4.52 Å². The van der Waals surface area contributed by atoms with Crippen LogP contribution in [0.15, 0.2) is 12.4 Å². The molecule has 0 aliphatic rings. The molecule has 0 spiro atoms. The van der Waals surface area contributed by atoms with E-state index in [4.69, 9.17) is 0 Å². The van der Waals surface area contributed by atoms with Crippen LogP contribution in [-0.2, 0) is 0 Å². The van der Waals surface area contributed by atoms with E-state index >= 15 is 0 Å². The lowest BCUT2D eigenvalue weighted by Crippen LogP contribution is -1.96. The van der Waals surface area contributed by atoms with Crippen LogP contribution in [0, 0.1) is 13.8 Å². The van der Waals surface area contributed by atoms with E-state index < -0.39 is 0 Å². The minimum Gasteiger partial charge on any atom is -0.216 e. The van der Waals surface area contributed by atoms with E-state index in [0.29, 0.717) is 0 Å². The van der Waals surface area contributed by atoms with Gasteiger partial charge in [0, 0.05) is 5.56 Å². The molecule has 90 valence electrons. The van der Waals surface area contributed by atoms with Gasteiger partial charge in [0.25, 0.3) is 0 Å². The molecule has 0 atom stereocenters. The summed E-state index contributed by atoms with van der Waals surface area (Å²) in [6, 6.07) is 0. The molecule has 0 aromatic carbocycles. The molecule has 0 saturated carbocycles. The lowest BCUT2D eigenvalue weighted by Gasteiger charge is -1.94. The zero-order chi connectivity index (χ0) is 12.6. The highest BCUT2D eigenvalue weighted by molar-refractivity contribution is 5.44. The van der Waals surface area contributed by atoms with E-state index in [2.05, 4.69) is 29.1 Å². The van der Waals surface area contributed by atoms with Gasteiger partial charge in [-0.2, -0.15) is 10.2 Å². The zero-order valence-corrected chi connectivity index (χ0v) is 11.2. The second-order valence-corrected chi connectivity index (χ2v) is 3.26. The van der Waals surface area contributed by atoms with Crippen LogP contribution in [0.5, 0.6) is 0 Å². The summed E-state index contributed by atoms with van der Waals surface area (Å²) in [4.78, 5) is 0. The number of rotatable bonds is 0. The third kappa shape index (κ3) is 3.61. The van der Waals surface area contributed by atoms with Gasteiger partial charge < -0.3 is 0 Å². The Morgan fingerprint density at radius 1 is 1.12 bits per heavy atom. The highest BCUT2D eigenvalue weighted by Gasteiger charge is 2.01. The number of fused-ring (bicyclic) bond motifs is 1. The maximum Gasteiger partial charge on any atom is 0.180 e. The average molecular weight is 222 g/mol. The van der Waals surface area contributed by atoms with E-state index in [9.17, 15) is 0 Å². The van der Waals surface area contributed by atoms with Gasteiger partial charge in [-0.05, 0) is 13.8 Å². The Balaban J connectivity index is 0.000000394. The maximum atomic E-state index is 4.13. The summed E-state index contributed by atoms with van der Waals surface area (Å²) < 4.78 is 1.78. The molecule has 2 heterocycles. The first-order valence-electron chi connectivity index (χ1n) is 5.83. The van der Waals surface area contributed by atoms with Crippen LogP contribution in [0.1, 0.15) is 45.4 Å². The SMILES string of the molecule is CC.CCC.Cc1cnn2c(C)cnnc12. The molecule has 0 unspecified atom stereocenters. The Morgan fingerprint density at radius 3 is 2.19 bits per heavy atom. The summed E-state index contributed by atoms with van der Waals surface area (Å²) in [5.41, 5.74) is 2.90. The summed E-state index contributed by atoms with van der Waals surface area (Å²) in [5.74, 6) is 0. The Bertz CT molecular complexity index is 406. The largest absolute Gasteiger partial charge is 0.216 e. The van der Waals surface area contributed by atoms with Gasteiger partial charge in [-0.15, -0.1) is 5.10 Å². The Morgan fingerprint density at radius 2 is 1.69 bits per heavy atom. The van der Waals surface area contributed by atoms with Crippen LogP contribution in [0.4, 0.5) is 0 Å². The molecule has 0 N–H and O–H groups in total. The van der Waals surface area contributed by atoms with E-state index in [1.54, 1.807) is 16.9 Å². The van der Waals surface area contributed by atoms with Crippen LogP contribution in [0.2, 0.25) is 0 Å². The van der Waals surface area contributed by atoms with Crippen molar-refractivity contribution >= 4 is 5.65 Å². The molecular formula is C12H22N4. The van der Waals surface area contributed by atoms with Gasteiger partial charge in [0.1, 0.15) is 0 Å². The fourth-order valence-electron chi connectivity index (χ4n) is 1.02. The van der Waals surface area contributed by atoms with Crippen molar-refractivity contribution in [3.8, 4) is 0 Å². The predicted molar refractivity (Wildman–Crippen MR) is 67.6 cm³/mol. The molecular weight excluding hydrogens is 200 g/mol. The van der Waals surface area contributed by atoms with Crippen LogP contribution < -0.4 is 0 Å². The zero-order valence-electron chi connectivity index (χ0n) is 11.2. The summed E-state index contributed by atoms with van der Waals surface area (Å²) >= 11 is 0. The van der Waals surface area contributed by atoms with Crippen LogP contribution in [0.25, 0.3) is 5.65 Å². The Labute approximate surface area is 97.7 Å². The summed E-state index contributed by atoms with van der Waals surface area (Å²) in [7, 11) is 0. The first-order chi connectivity index (χ1) is 7.70. The van der Waals surface area contributed by atoms with Crippen molar-refractivity contribution in [1.29, 1.82) is 0 Å². The molecule has 2 rings (SSSR count). The highest BCUT2D eigenvalue weighted by Crippen LogP contribution is 2.05. The van der Waals surface area contributed by atoms with Crippen molar-refractivity contribution in [2.24, 2.45) is 0 Å². The summed E-state index contributed by atoms with van der Waals surface area (Å²) in [6.07, 6.45) is 4.73. The fraction of sp³-hybridized carbons (Fsp3) is 0.583. The quantitative estimate of drug-likeness (QED) is 0.687. The highest BCUT2D eigenvalue weighted by atomic mass is 15.3. The molecule has 16 heavy (non-hydrogen) atoms. The first-order valence-corrected chi connectivity index (χ1v) is 5.83. The molecule has 0 saturated heterocycles. The third-order valence-corrected chi connectivity index (χ3v) is 1.65. The molecule has 2 aromatic rings. The molecule has 4 nitrogen and oxygen atoms in total. The van der Waals surface area contributed by atoms with Crippen LogP contribution in [-0.4, -0.2) is 19.8 Å². The van der Waals surface area contributed by atoms with Gasteiger partial charge in [0.15, 0.2) is 5.65 Å². The maximum absolute atomic E-state index is 4.13. The molecule has 0 amide bonds. The van der Waals surface area contributed by atoms with Gasteiger partial charge in [0.2, 0.25) is 0 Å². The van der Waals surface area contributed by atoms with Crippen molar-refractivity contribution in [3.05, 3.63) is 23.7 Å². The van der Waals surface area contributed by atoms with Gasteiger partial charge in [-0.3, -0.25) is 0 Å². The van der Waals surface area contributed by atoms with E-state index in [-0.39, 0.29) is 0 Å². The first kappa shape index (κ1) is 14.6. The van der Waals surface area contributed by atoms with E-state index in [0.717, 1.165) is 16.9 Å². The van der Waals surface area contributed by atoms with E-state index in [1.165, 1.54) is 6.42 Å². The lowest BCUT2D eigenvalue weighted by molar-refractivity contribution is 0.849. The second-order valence-electron chi connectivity index (χ2n) is 3.26. The number of aromatic nitrogens is 4. The van der Waals surface area contributed by atoms with Gasteiger partial charge >= 0.3 is 0 Å². The minimum absolute atomic E-state index is 0.838. The van der Waals surface area contributed by atoms with E-state index in [1.807, 2.05) is 27.7 Å². The van der Waals surface area contributed by atoms with Crippen molar-refractivity contribution in [3.63, 3.8) is 0 Å². The number of hydrogen-bond donors (Lipinski definition) is 0. The van der Waals surface area contributed by atoms with Crippen molar-refractivity contribution < 1.29 is 0 Å². The second kappa shape index (κ2) is 7.79. The van der Waals surface area contributed by atoms with Crippen molar-refractivity contribution in [1.82, 2.24) is 19.8 Å². The van der Waals surface area contributed by atoms with Crippen LogP contribution in [0.3, 0.4) is 0 Å². The lowest BCUT2D eigenvalue weighted by atomic mass is 10.4. The molecule has 4 heteroatoms. The third-order valence-electron chi connectivity index (χ3n) is 1.65. The number of nitrogens with zero attached hydrogens (tertiary/aromatic N) is 4. The average Bonchev–Trinajstić information content (AvgIpc) is 2.66. The molecule has 0 aliphatic carbocycles. The van der Waals surface area contributed by atoms with Crippen molar-refractivity contribution in [2.45, 2.75) is 48.0 Å². The molecule has 0 radical (unpaired) electrons. The van der Waals surface area contributed by atoms with Crippen molar-refractivity contribution in [2.75, 3.05) is 0 Å². The number of aryl methyl sites for hydroxylation is 2. The molecule has 0 bridgehead atoms. The monoisotopic (exact) mass is 222 g/mol. The fourth-order valence-corrected chi connectivity index (χ4v) is 1.02. The normalized spacial score (nSPS) is 8.88.